The van der Waals surface area contributed by atoms with Crippen LogP contribution in [0.2, 0.25) is 0 Å². The van der Waals surface area contributed by atoms with Gasteiger partial charge in [-0.15, -0.1) is 11.3 Å². The lowest BCUT2D eigenvalue weighted by molar-refractivity contribution is -0.125. The van der Waals surface area contributed by atoms with E-state index in [1.165, 1.54) is 11.3 Å². The van der Waals surface area contributed by atoms with Gasteiger partial charge in [-0.25, -0.2) is 9.78 Å². The molecule has 1 saturated carbocycles. The van der Waals surface area contributed by atoms with Crippen molar-refractivity contribution >= 4 is 23.2 Å². The molecule has 140 valence electrons. The number of hydrogen-bond donors (Lipinski definition) is 1. The zero-order valence-electron chi connectivity index (χ0n) is 14.9. The van der Waals surface area contributed by atoms with Crippen molar-refractivity contribution in [2.24, 2.45) is 0 Å². The molecule has 1 aliphatic carbocycles. The van der Waals surface area contributed by atoms with Crippen LogP contribution in [-0.2, 0) is 9.53 Å². The van der Waals surface area contributed by atoms with E-state index in [2.05, 4.69) is 16.4 Å². The van der Waals surface area contributed by atoms with Gasteiger partial charge in [-0.2, -0.15) is 5.26 Å². The van der Waals surface area contributed by atoms with Gasteiger partial charge in [0.1, 0.15) is 16.3 Å². The lowest BCUT2D eigenvalue weighted by Crippen LogP contribution is -2.46. The Hall–Kier alpha value is -2.92. The number of thiazole rings is 1. The molecule has 0 aliphatic heterocycles. The summed E-state index contributed by atoms with van der Waals surface area (Å²) in [5.74, 6) is -0.408. The first-order chi connectivity index (χ1) is 13.0. The van der Waals surface area contributed by atoms with Crippen LogP contribution in [0.5, 0.6) is 5.75 Å². The lowest BCUT2D eigenvalue weighted by Gasteiger charge is -2.21. The summed E-state index contributed by atoms with van der Waals surface area (Å²) in [6.07, 6.45) is 3.06. The van der Waals surface area contributed by atoms with E-state index in [4.69, 9.17) is 9.47 Å². The van der Waals surface area contributed by atoms with Crippen LogP contribution in [0.1, 0.15) is 36.2 Å². The van der Waals surface area contributed by atoms with Gasteiger partial charge in [0, 0.05) is 10.9 Å². The maximum Gasteiger partial charge on any atom is 0.358 e. The Bertz CT molecular complexity index is 864. The van der Waals surface area contributed by atoms with Crippen molar-refractivity contribution in [1.29, 1.82) is 5.26 Å². The minimum atomic E-state index is -0.828. The topological polar surface area (TPSA) is 101 Å². The smallest absolute Gasteiger partial charge is 0.358 e. The molecule has 1 amide bonds. The molecule has 2 aromatic rings. The summed E-state index contributed by atoms with van der Waals surface area (Å²) in [7, 11) is 1.59. The third-order valence-electron chi connectivity index (χ3n) is 4.43. The Morgan fingerprint density at radius 2 is 2.00 bits per heavy atom. The van der Waals surface area contributed by atoms with Crippen LogP contribution in [-0.4, -0.2) is 36.1 Å². The Labute approximate surface area is 160 Å². The quantitative estimate of drug-likeness (QED) is 0.767. The molecule has 3 rings (SSSR count). The van der Waals surface area contributed by atoms with Crippen molar-refractivity contribution < 1.29 is 19.1 Å². The number of hydrogen-bond acceptors (Lipinski definition) is 7. The molecule has 0 saturated heterocycles. The van der Waals surface area contributed by atoms with Gasteiger partial charge in [-0.3, -0.25) is 4.79 Å². The Kier molecular flexibility index (Phi) is 5.72. The van der Waals surface area contributed by atoms with E-state index in [1.807, 2.05) is 24.3 Å². The molecule has 1 heterocycles. The number of nitrogens with one attached hydrogen (secondary N) is 1. The molecule has 1 aromatic heterocycles. The van der Waals surface area contributed by atoms with Crippen LogP contribution in [0.25, 0.3) is 10.6 Å². The van der Waals surface area contributed by atoms with Crippen molar-refractivity contribution in [2.45, 2.75) is 31.2 Å². The molecule has 27 heavy (non-hydrogen) atoms. The number of esters is 1. The molecule has 0 unspecified atom stereocenters. The number of benzene rings is 1. The molecule has 0 spiro atoms. The number of nitrogens with zero attached hydrogens (tertiary/aromatic N) is 2. The van der Waals surface area contributed by atoms with Crippen molar-refractivity contribution in [3.63, 3.8) is 0 Å². The van der Waals surface area contributed by atoms with E-state index in [9.17, 15) is 14.9 Å². The number of methoxy groups -OCH3 is 1. The molecular weight excluding hydrogens is 366 g/mol. The molecule has 1 aliphatic rings. The molecule has 1 N–H and O–H groups in total. The fourth-order valence-electron chi connectivity index (χ4n) is 2.98. The summed E-state index contributed by atoms with van der Waals surface area (Å²) < 4.78 is 10.2. The first-order valence-corrected chi connectivity index (χ1v) is 9.42. The minimum absolute atomic E-state index is 0.148. The first kappa shape index (κ1) is 18.9. The highest BCUT2D eigenvalue weighted by Gasteiger charge is 2.35. The number of rotatable bonds is 6. The Morgan fingerprint density at radius 3 is 2.63 bits per heavy atom. The highest BCUT2D eigenvalue weighted by molar-refractivity contribution is 7.13. The standard InChI is InChI=1S/C19H19N3O4S/c1-25-14-6-4-13(5-7-14)17-21-15(11-27-17)18(24)26-10-16(23)22-19(12-20)8-2-3-9-19/h4-7,11H,2-3,8-10H2,1H3,(H,22,23). The Morgan fingerprint density at radius 1 is 1.30 bits per heavy atom. The number of carbonyl (C=O) groups is 2. The van der Waals surface area contributed by atoms with E-state index in [0.29, 0.717) is 17.8 Å². The van der Waals surface area contributed by atoms with Gasteiger partial charge in [0.15, 0.2) is 12.3 Å². The third-order valence-corrected chi connectivity index (χ3v) is 5.33. The van der Waals surface area contributed by atoms with Crippen LogP contribution < -0.4 is 10.1 Å². The summed E-state index contributed by atoms with van der Waals surface area (Å²) >= 11 is 1.31. The molecule has 1 fully saturated rings. The highest BCUT2D eigenvalue weighted by atomic mass is 32.1. The Balaban J connectivity index is 1.56. The average molecular weight is 385 g/mol. The second kappa shape index (κ2) is 8.18. The average Bonchev–Trinajstić information content (AvgIpc) is 3.36. The van der Waals surface area contributed by atoms with Gasteiger partial charge in [0.2, 0.25) is 0 Å². The van der Waals surface area contributed by atoms with Crippen molar-refractivity contribution in [3.8, 4) is 22.4 Å². The molecule has 0 bridgehead atoms. The second-order valence-corrected chi connectivity index (χ2v) is 7.15. The fraction of sp³-hybridized carbons (Fsp3) is 0.368. The molecule has 0 atom stereocenters. The largest absolute Gasteiger partial charge is 0.497 e. The van der Waals surface area contributed by atoms with Crippen molar-refractivity contribution in [3.05, 3.63) is 35.3 Å². The van der Waals surface area contributed by atoms with Gasteiger partial charge < -0.3 is 14.8 Å². The van der Waals surface area contributed by atoms with E-state index in [-0.39, 0.29) is 5.69 Å². The fourth-order valence-corrected chi connectivity index (χ4v) is 3.78. The summed E-state index contributed by atoms with van der Waals surface area (Å²) in [5.41, 5.74) is 0.176. The summed E-state index contributed by atoms with van der Waals surface area (Å²) in [5, 5.41) is 14.2. The normalized spacial score (nSPS) is 15.0. The van der Waals surface area contributed by atoms with Crippen molar-refractivity contribution in [1.82, 2.24) is 10.3 Å². The molecule has 0 radical (unpaired) electrons. The zero-order chi connectivity index (χ0) is 19.3. The molecular formula is C19H19N3O4S. The summed E-state index contributed by atoms with van der Waals surface area (Å²) in [6, 6.07) is 9.49. The third kappa shape index (κ3) is 4.44. The SMILES string of the molecule is COc1ccc(-c2nc(C(=O)OCC(=O)NC3(C#N)CCCC3)cs2)cc1. The van der Waals surface area contributed by atoms with Crippen molar-refractivity contribution in [2.75, 3.05) is 13.7 Å². The number of carbonyl (C=O) groups excluding carboxylic acids is 2. The van der Waals surface area contributed by atoms with Crippen LogP contribution in [0.15, 0.2) is 29.6 Å². The molecule has 8 heteroatoms. The number of nitriles is 1. The van der Waals surface area contributed by atoms with E-state index in [0.717, 1.165) is 24.2 Å². The number of amides is 1. The van der Waals surface area contributed by atoms with Crippen LogP contribution in [0.4, 0.5) is 0 Å². The minimum Gasteiger partial charge on any atom is -0.497 e. The zero-order valence-corrected chi connectivity index (χ0v) is 15.7. The number of ether oxygens (including phenoxy) is 2. The van der Waals surface area contributed by atoms with Crippen LogP contribution in [0.3, 0.4) is 0 Å². The summed E-state index contributed by atoms with van der Waals surface area (Å²) in [4.78, 5) is 28.4. The lowest BCUT2D eigenvalue weighted by atomic mass is 10.00. The highest BCUT2D eigenvalue weighted by Crippen LogP contribution is 2.29. The molecule has 7 nitrogen and oxygen atoms in total. The van der Waals surface area contributed by atoms with Crippen LogP contribution >= 0.6 is 11.3 Å². The van der Waals surface area contributed by atoms with Gasteiger partial charge in [0.05, 0.1) is 13.2 Å². The predicted octanol–water partition coefficient (Wildman–Crippen LogP) is 2.93. The van der Waals surface area contributed by atoms with Gasteiger partial charge in [-0.1, -0.05) is 0 Å². The predicted molar refractivity (Wildman–Crippen MR) is 99.3 cm³/mol. The second-order valence-electron chi connectivity index (χ2n) is 6.29. The maximum atomic E-state index is 12.1. The maximum absolute atomic E-state index is 12.1. The van der Waals surface area contributed by atoms with E-state index >= 15 is 0 Å². The van der Waals surface area contributed by atoms with Gasteiger partial charge in [0.25, 0.3) is 5.91 Å². The monoisotopic (exact) mass is 385 g/mol. The summed E-state index contributed by atoms with van der Waals surface area (Å²) in [6.45, 7) is -0.433. The first-order valence-electron chi connectivity index (χ1n) is 8.54. The molecule has 1 aromatic carbocycles. The van der Waals surface area contributed by atoms with Gasteiger partial charge in [-0.05, 0) is 49.9 Å². The number of aromatic nitrogens is 1. The van der Waals surface area contributed by atoms with Crippen LogP contribution in [0, 0.1) is 11.3 Å². The van der Waals surface area contributed by atoms with Gasteiger partial charge >= 0.3 is 5.97 Å². The van der Waals surface area contributed by atoms with E-state index < -0.39 is 24.0 Å². The van der Waals surface area contributed by atoms with E-state index in [1.54, 1.807) is 12.5 Å².